The van der Waals surface area contributed by atoms with Gasteiger partial charge < -0.3 is 55.9 Å². The standard InChI is InChI=1S/C25H28Cl2N4O4.C19H20Cl2N4O2.C14H8Cl2N4.C14H7Cl2N3.C6H10O3/c1-25(2,3)35-24(33)29-12-16-10-21-28-13-22(30-23(32)15-6-8-34-9-7-15)31(21)14-19(16)18-5-4-17(26)11-20(18)27;1-19(2,3)27-18(26)24-8-11-6-17-23-9-16(22)25(17)10-14(11)13-5-4-12(20)7-15(13)21;1-18-12-5-14-19-6-13(17)20(14)7-10(12)9-3-2-8(15)4-11(9)16;1-17-13-7-14-18-4-5-19(14)8-11(13)10-3-2-9(15)6-12(10)16;7-6(8)5-1-3-9-4-2-5/h4-5,10-11,13-15H,6-9,12H2,1-3H3,(H,29,33)(H,30,32);4-7,9-10H,8,22H2,1-3H3,(H,24,26);2-7H,17H2;2-8H;5H,1-4H2,(H,7,8). The number of hydrogen-bond acceptors (Lipinski definition) is 14. The number of alkyl carbamates (subject to hydrolysis) is 2. The summed E-state index contributed by atoms with van der Waals surface area (Å²) in [4.78, 5) is 71.5. The molecule has 10 heterocycles. The Balaban J connectivity index is 0.000000154. The van der Waals surface area contributed by atoms with Gasteiger partial charge in [0.15, 0.2) is 11.4 Å². The van der Waals surface area contributed by atoms with Crippen LogP contribution in [0.2, 0.25) is 40.2 Å². The number of imidazole rings is 4. The van der Waals surface area contributed by atoms with Gasteiger partial charge in [-0.05, 0) is 162 Å². The SMILES string of the molecule is CC(C)(C)OC(=O)NCc1cc2ncc(N)n2cc1-c1ccc(Cl)cc1Cl.CC(C)(C)OC(=O)NCc1cc2ncc(NC(=O)C3CCOCC3)n2cc1-c1ccc(Cl)cc1Cl.O=C(O)C1CCOCC1.[C-]#[N+]c1cc2ncc(N)n2cc1-c1ccc(Cl)cc1Cl.[C-]#[N+]c1cc2nccn2cc1-c1ccc(Cl)cc1Cl. The molecule has 0 saturated carbocycles. The molecule has 3 amide bonds. The van der Waals surface area contributed by atoms with Crippen LogP contribution in [-0.2, 0) is 41.6 Å². The summed E-state index contributed by atoms with van der Waals surface area (Å²) in [6, 6.07) is 28.0. The maximum absolute atomic E-state index is 12.8. The number of nitrogens with two attached hydrogens (primary N) is 2. The van der Waals surface area contributed by atoms with Crippen LogP contribution in [0, 0.1) is 25.0 Å². The molecule has 0 radical (unpaired) electrons. The Hall–Kier alpha value is -10.1. The predicted octanol–water partition coefficient (Wildman–Crippen LogP) is 20.4. The zero-order valence-electron chi connectivity index (χ0n) is 60.0. The van der Waals surface area contributed by atoms with Crippen molar-refractivity contribution in [3.05, 3.63) is 227 Å². The highest BCUT2D eigenvalue weighted by Crippen LogP contribution is 2.41. The summed E-state index contributed by atoms with van der Waals surface area (Å²) in [6.07, 6.45) is 17.3. The molecule has 2 aliphatic heterocycles. The van der Waals surface area contributed by atoms with E-state index in [1.54, 1.807) is 132 Å². The Morgan fingerprint density at radius 1 is 0.500 bits per heavy atom. The zero-order valence-corrected chi connectivity index (χ0v) is 66.1. The number of pyridine rings is 4. The topological polar surface area (TPSA) is 291 Å². The molecule has 570 valence electrons. The molecule has 24 nitrogen and oxygen atoms in total. The molecule has 14 rings (SSSR count). The lowest BCUT2D eigenvalue weighted by Crippen LogP contribution is -2.32. The van der Waals surface area contributed by atoms with Crippen LogP contribution in [0.15, 0.2) is 153 Å². The lowest BCUT2D eigenvalue weighted by Gasteiger charge is -2.21. The number of aromatic nitrogens is 8. The maximum atomic E-state index is 12.8. The zero-order chi connectivity index (χ0) is 79.3. The fraction of sp³-hybridized carbons (Fsp3) is 0.256. The van der Waals surface area contributed by atoms with E-state index in [9.17, 15) is 19.2 Å². The highest BCUT2D eigenvalue weighted by Gasteiger charge is 2.26. The van der Waals surface area contributed by atoms with E-state index in [4.69, 9.17) is 141 Å². The minimum atomic E-state index is -0.682. The number of aliphatic carboxylic acids is 1. The molecule has 12 aromatic rings. The third-order valence-corrected chi connectivity index (χ3v) is 19.0. The molecule has 0 spiro atoms. The number of amides is 3. The number of carbonyl (C=O) groups excluding carboxylic acids is 3. The van der Waals surface area contributed by atoms with Gasteiger partial charge in [0.25, 0.3) is 0 Å². The van der Waals surface area contributed by atoms with Gasteiger partial charge in [0.05, 0.1) is 37.7 Å². The van der Waals surface area contributed by atoms with Gasteiger partial charge in [0.1, 0.15) is 51.2 Å². The number of benzene rings is 4. The Kier molecular flexibility index (Phi) is 27.5. The van der Waals surface area contributed by atoms with Gasteiger partial charge in [0, 0.05) is 156 Å². The molecule has 8 aromatic heterocycles. The predicted molar refractivity (Wildman–Crippen MR) is 433 cm³/mol. The molecule has 2 saturated heterocycles. The number of carbonyl (C=O) groups is 4. The highest BCUT2D eigenvalue weighted by molar-refractivity contribution is 6.38. The third-order valence-electron chi connectivity index (χ3n) is 16.8. The van der Waals surface area contributed by atoms with Crippen molar-refractivity contribution in [1.82, 2.24) is 48.2 Å². The Labute approximate surface area is 673 Å². The summed E-state index contributed by atoms with van der Waals surface area (Å²) in [7, 11) is 0. The van der Waals surface area contributed by atoms with E-state index in [-0.39, 0.29) is 30.8 Å². The van der Waals surface area contributed by atoms with E-state index < -0.39 is 29.4 Å². The molecule has 8 N–H and O–H groups in total. The second-order valence-corrected chi connectivity index (χ2v) is 30.4. The van der Waals surface area contributed by atoms with Crippen LogP contribution in [0.25, 0.3) is 76.8 Å². The number of anilines is 3. The number of rotatable bonds is 11. The molecule has 2 fully saturated rings. The van der Waals surface area contributed by atoms with Crippen molar-refractivity contribution in [2.75, 3.05) is 43.2 Å². The van der Waals surface area contributed by atoms with Crippen LogP contribution in [0.3, 0.4) is 0 Å². The monoisotopic (exact) mass is 1640 g/mol. The number of nitrogens with zero attached hydrogens (tertiary/aromatic N) is 10. The average Bonchev–Trinajstić information content (AvgIpc) is 1.57. The molecular weight excluding hydrogens is 1570 g/mol. The normalized spacial score (nSPS) is 13.1. The van der Waals surface area contributed by atoms with Gasteiger partial charge in [-0.2, -0.15) is 0 Å². The van der Waals surface area contributed by atoms with Crippen molar-refractivity contribution in [3.8, 4) is 44.5 Å². The lowest BCUT2D eigenvalue weighted by molar-refractivity contribution is -0.144. The number of carboxylic acids is 1. The first-order valence-electron chi connectivity index (χ1n) is 34.0. The van der Waals surface area contributed by atoms with E-state index in [1.807, 2.05) is 80.3 Å². The first kappa shape index (κ1) is 82.4. The van der Waals surface area contributed by atoms with Crippen molar-refractivity contribution in [3.63, 3.8) is 0 Å². The van der Waals surface area contributed by atoms with Crippen LogP contribution in [0.5, 0.6) is 0 Å². The number of nitrogens with one attached hydrogen (secondary N) is 3. The first-order chi connectivity index (χ1) is 52.3. The number of carboxylic acid groups (broad SMARTS) is 1. The largest absolute Gasteiger partial charge is 0.481 e. The maximum Gasteiger partial charge on any atom is 0.407 e. The second kappa shape index (κ2) is 36.6. The summed E-state index contributed by atoms with van der Waals surface area (Å²) in [6.45, 7) is 28.3. The third kappa shape index (κ3) is 21.5. The van der Waals surface area contributed by atoms with E-state index in [0.29, 0.717) is 144 Å². The fourth-order valence-corrected chi connectivity index (χ4v) is 13.6. The second-order valence-electron chi connectivity index (χ2n) is 27.0. The number of fused-ring (bicyclic) bond motifs is 4. The van der Waals surface area contributed by atoms with E-state index in [2.05, 4.69) is 45.6 Å². The van der Waals surface area contributed by atoms with Crippen molar-refractivity contribution in [2.24, 2.45) is 11.8 Å². The number of hydrogen-bond donors (Lipinski definition) is 6. The molecular formula is C78H73Cl8N15O9. The molecule has 0 bridgehead atoms. The minimum absolute atomic E-state index is 0.0585. The summed E-state index contributed by atoms with van der Waals surface area (Å²) in [5.74, 6) is 0.561. The lowest BCUT2D eigenvalue weighted by atomic mass is 9.99. The van der Waals surface area contributed by atoms with Crippen LogP contribution < -0.4 is 27.4 Å². The van der Waals surface area contributed by atoms with Gasteiger partial charge in [-0.3, -0.25) is 22.8 Å². The van der Waals surface area contributed by atoms with Crippen LogP contribution >= 0.6 is 92.8 Å². The van der Waals surface area contributed by atoms with Gasteiger partial charge in [-0.15, -0.1) is 0 Å². The van der Waals surface area contributed by atoms with Gasteiger partial charge in [-0.1, -0.05) is 117 Å². The van der Waals surface area contributed by atoms with Gasteiger partial charge in [0.2, 0.25) is 5.91 Å². The van der Waals surface area contributed by atoms with Crippen molar-refractivity contribution < 1.29 is 43.2 Å². The quantitative estimate of drug-likeness (QED) is 0.0656. The van der Waals surface area contributed by atoms with E-state index in [0.717, 1.165) is 55.7 Å². The van der Waals surface area contributed by atoms with Gasteiger partial charge >= 0.3 is 18.2 Å². The van der Waals surface area contributed by atoms with Crippen LogP contribution in [0.4, 0.5) is 38.4 Å². The smallest absolute Gasteiger partial charge is 0.407 e. The van der Waals surface area contributed by atoms with E-state index >= 15 is 0 Å². The molecule has 0 unspecified atom stereocenters. The Morgan fingerprint density at radius 2 is 0.873 bits per heavy atom. The number of nitrogen functional groups attached to an aromatic ring is 2. The summed E-state index contributed by atoms with van der Waals surface area (Å²) in [5, 5.41) is 21.2. The Bertz CT molecular complexity index is 5490. The highest BCUT2D eigenvalue weighted by atomic mass is 35.5. The first-order valence-corrected chi connectivity index (χ1v) is 37.0. The average molecular weight is 1650 g/mol. The number of halogens is 8. The molecule has 110 heavy (non-hydrogen) atoms. The van der Waals surface area contributed by atoms with E-state index in [1.165, 1.54) is 0 Å². The van der Waals surface area contributed by atoms with Crippen molar-refractivity contribution >= 4 is 168 Å². The minimum Gasteiger partial charge on any atom is -0.481 e. The summed E-state index contributed by atoms with van der Waals surface area (Å²) in [5.41, 5.74) is 21.9. The van der Waals surface area contributed by atoms with Crippen LogP contribution in [-0.4, -0.2) is 104 Å². The van der Waals surface area contributed by atoms with Crippen molar-refractivity contribution in [2.45, 2.75) is 91.5 Å². The van der Waals surface area contributed by atoms with Crippen LogP contribution in [0.1, 0.15) is 78.4 Å². The summed E-state index contributed by atoms with van der Waals surface area (Å²) < 4.78 is 28.2. The molecule has 4 aromatic carbocycles. The molecule has 0 aliphatic carbocycles. The number of ether oxygens (including phenoxy) is 4. The van der Waals surface area contributed by atoms with Crippen molar-refractivity contribution in [1.29, 1.82) is 0 Å². The Morgan fingerprint density at radius 3 is 1.28 bits per heavy atom. The fourth-order valence-electron chi connectivity index (χ4n) is 11.5. The summed E-state index contributed by atoms with van der Waals surface area (Å²) >= 11 is 49.3. The van der Waals surface area contributed by atoms with Gasteiger partial charge in [-0.25, -0.2) is 39.2 Å². The molecule has 2 aliphatic rings. The molecule has 32 heteroatoms. The molecule has 0 atom stereocenters.